The van der Waals surface area contributed by atoms with Crippen LogP contribution in [0.5, 0.6) is 0 Å². The van der Waals surface area contributed by atoms with Gasteiger partial charge in [0.05, 0.1) is 12.3 Å². The Morgan fingerprint density at radius 3 is 2.32 bits per heavy atom. The van der Waals surface area contributed by atoms with Crippen molar-refractivity contribution in [2.24, 2.45) is 22.4 Å². The predicted octanol–water partition coefficient (Wildman–Crippen LogP) is 0.473. The Morgan fingerprint density at radius 2 is 1.89 bits per heavy atom. The van der Waals surface area contributed by atoms with Crippen LogP contribution in [0.2, 0.25) is 0 Å². The fraction of sp³-hybridized carbons (Fsp3) is 0.750. The van der Waals surface area contributed by atoms with Crippen molar-refractivity contribution >= 4 is 17.9 Å². The second-order valence-electron chi connectivity index (χ2n) is 5.27. The highest BCUT2D eigenvalue weighted by Gasteiger charge is 2.24. The van der Waals surface area contributed by atoms with Gasteiger partial charge in [0.15, 0.2) is 5.96 Å². The molecular formula is C12H23N3O4. The highest BCUT2D eigenvalue weighted by molar-refractivity contribution is 5.79. The summed E-state index contributed by atoms with van der Waals surface area (Å²) in [6, 6.07) is 0. The molecule has 0 radical (unpaired) electrons. The van der Waals surface area contributed by atoms with Gasteiger partial charge in [0, 0.05) is 6.54 Å². The number of carbonyl (C=O) groups is 2. The molecule has 0 aromatic carbocycles. The lowest BCUT2D eigenvalue weighted by Gasteiger charge is -2.20. The lowest BCUT2D eigenvalue weighted by atomic mass is 9.99. The third kappa shape index (κ3) is 9.87. The van der Waals surface area contributed by atoms with Crippen LogP contribution in [-0.2, 0) is 14.3 Å². The molecule has 0 saturated heterocycles. The van der Waals surface area contributed by atoms with E-state index in [2.05, 4.69) is 4.99 Å². The van der Waals surface area contributed by atoms with Crippen molar-refractivity contribution in [2.45, 2.75) is 45.6 Å². The number of hydrogen-bond acceptors (Lipinski definition) is 4. The minimum Gasteiger partial charge on any atom is -0.481 e. The van der Waals surface area contributed by atoms with Gasteiger partial charge >= 0.3 is 11.9 Å². The first kappa shape index (κ1) is 17.2. The Morgan fingerprint density at radius 1 is 1.32 bits per heavy atom. The van der Waals surface area contributed by atoms with Crippen LogP contribution in [0.25, 0.3) is 0 Å². The molecule has 0 amide bonds. The highest BCUT2D eigenvalue weighted by Crippen LogP contribution is 2.16. The third-order valence-corrected chi connectivity index (χ3v) is 2.19. The molecule has 5 N–H and O–H groups in total. The summed E-state index contributed by atoms with van der Waals surface area (Å²) in [5, 5.41) is 9.04. The highest BCUT2D eigenvalue weighted by atomic mass is 16.6. The Hall–Kier alpha value is -1.79. The van der Waals surface area contributed by atoms with Crippen molar-refractivity contribution < 1.29 is 19.4 Å². The maximum absolute atomic E-state index is 11.6. The minimum atomic E-state index is -1.02. The number of hydrogen-bond donors (Lipinski definition) is 3. The molecule has 1 unspecified atom stereocenters. The average molecular weight is 273 g/mol. The molecule has 0 aliphatic heterocycles. The van der Waals surface area contributed by atoms with Gasteiger partial charge in [-0.25, -0.2) is 0 Å². The van der Waals surface area contributed by atoms with E-state index in [9.17, 15) is 9.59 Å². The largest absolute Gasteiger partial charge is 0.481 e. The van der Waals surface area contributed by atoms with Crippen LogP contribution in [-0.4, -0.2) is 35.2 Å². The summed E-state index contributed by atoms with van der Waals surface area (Å²) in [5.74, 6) is -2.33. The maximum Gasteiger partial charge on any atom is 0.307 e. The number of guanidine groups is 1. The molecule has 0 saturated carbocycles. The normalized spacial score (nSPS) is 12.6. The molecule has 7 heteroatoms. The van der Waals surface area contributed by atoms with Crippen molar-refractivity contribution in [3.8, 4) is 0 Å². The summed E-state index contributed by atoms with van der Waals surface area (Å²) in [7, 11) is 0. The van der Waals surface area contributed by atoms with Gasteiger partial charge in [-0.3, -0.25) is 14.6 Å². The minimum absolute atomic E-state index is 0.0287. The van der Waals surface area contributed by atoms with Gasteiger partial charge < -0.3 is 21.3 Å². The van der Waals surface area contributed by atoms with Crippen molar-refractivity contribution in [3.63, 3.8) is 0 Å². The van der Waals surface area contributed by atoms with Gasteiger partial charge in [-0.2, -0.15) is 0 Å². The number of ether oxygens (including phenoxy) is 1. The molecule has 19 heavy (non-hydrogen) atoms. The standard InChI is InChI=1S/C12H23N3O4/c1-12(2,3)19-9(16)7-8(10(17)18)5-4-6-15-11(13)14/h8H,4-7H2,1-3H3,(H,17,18)(H4,13,14,15). The van der Waals surface area contributed by atoms with E-state index in [4.69, 9.17) is 21.3 Å². The van der Waals surface area contributed by atoms with Crippen molar-refractivity contribution in [3.05, 3.63) is 0 Å². The van der Waals surface area contributed by atoms with Gasteiger partial charge in [-0.1, -0.05) is 0 Å². The van der Waals surface area contributed by atoms with Crippen LogP contribution in [0, 0.1) is 5.92 Å². The van der Waals surface area contributed by atoms with Gasteiger partial charge in [0.1, 0.15) is 5.60 Å². The van der Waals surface area contributed by atoms with Crippen molar-refractivity contribution in [2.75, 3.05) is 6.54 Å². The van der Waals surface area contributed by atoms with E-state index in [-0.39, 0.29) is 12.4 Å². The van der Waals surface area contributed by atoms with E-state index in [0.717, 1.165) is 0 Å². The Bertz CT molecular complexity index is 343. The van der Waals surface area contributed by atoms with E-state index in [0.29, 0.717) is 19.4 Å². The number of esters is 1. The molecule has 1 atom stereocenters. The SMILES string of the molecule is CC(C)(C)OC(=O)CC(CCCN=C(N)N)C(=O)O. The van der Waals surface area contributed by atoms with E-state index in [1.54, 1.807) is 20.8 Å². The number of aliphatic carboxylic acids is 1. The first-order valence-electron chi connectivity index (χ1n) is 6.12. The van der Waals surface area contributed by atoms with Crippen LogP contribution < -0.4 is 11.5 Å². The topological polar surface area (TPSA) is 128 Å². The van der Waals surface area contributed by atoms with E-state index >= 15 is 0 Å². The first-order valence-corrected chi connectivity index (χ1v) is 6.12. The zero-order chi connectivity index (χ0) is 15.1. The predicted molar refractivity (Wildman–Crippen MR) is 71.5 cm³/mol. The van der Waals surface area contributed by atoms with E-state index < -0.39 is 23.5 Å². The van der Waals surface area contributed by atoms with Crippen LogP contribution in [0.15, 0.2) is 4.99 Å². The van der Waals surface area contributed by atoms with Gasteiger partial charge in [0.2, 0.25) is 0 Å². The molecule has 0 bridgehead atoms. The number of carboxylic acids is 1. The second-order valence-corrected chi connectivity index (χ2v) is 5.27. The van der Waals surface area contributed by atoms with E-state index in [1.165, 1.54) is 0 Å². The van der Waals surface area contributed by atoms with Gasteiger partial charge in [-0.05, 0) is 33.6 Å². The molecule has 0 aliphatic carbocycles. The lowest BCUT2D eigenvalue weighted by molar-refractivity contribution is -0.160. The Balaban J connectivity index is 4.23. The number of carboxylic acid groups (broad SMARTS) is 1. The lowest BCUT2D eigenvalue weighted by Crippen LogP contribution is -2.27. The second kappa shape index (κ2) is 7.60. The number of nitrogens with two attached hydrogens (primary N) is 2. The monoisotopic (exact) mass is 273 g/mol. The molecule has 0 aromatic heterocycles. The van der Waals surface area contributed by atoms with Crippen LogP contribution >= 0.6 is 0 Å². The Labute approximate surface area is 113 Å². The smallest absolute Gasteiger partial charge is 0.307 e. The zero-order valence-electron chi connectivity index (χ0n) is 11.7. The summed E-state index contributed by atoms with van der Waals surface area (Å²) >= 11 is 0. The Kier molecular flexibility index (Phi) is 6.89. The van der Waals surface area contributed by atoms with Gasteiger partial charge in [0.25, 0.3) is 0 Å². The molecule has 0 heterocycles. The molecule has 0 fully saturated rings. The average Bonchev–Trinajstić information content (AvgIpc) is 2.19. The summed E-state index contributed by atoms with van der Waals surface area (Å²) in [6.07, 6.45) is 0.678. The van der Waals surface area contributed by atoms with Crippen LogP contribution in [0.4, 0.5) is 0 Å². The van der Waals surface area contributed by atoms with Crippen molar-refractivity contribution in [1.82, 2.24) is 0 Å². The van der Waals surface area contributed by atoms with Crippen LogP contribution in [0.1, 0.15) is 40.0 Å². The maximum atomic E-state index is 11.6. The fourth-order valence-corrected chi connectivity index (χ4v) is 1.44. The van der Waals surface area contributed by atoms with Crippen LogP contribution in [0.3, 0.4) is 0 Å². The zero-order valence-corrected chi connectivity index (χ0v) is 11.7. The molecule has 0 aromatic rings. The number of carbonyl (C=O) groups excluding carboxylic acids is 1. The molecule has 0 spiro atoms. The fourth-order valence-electron chi connectivity index (χ4n) is 1.44. The van der Waals surface area contributed by atoms with Gasteiger partial charge in [-0.15, -0.1) is 0 Å². The summed E-state index contributed by atoms with van der Waals surface area (Å²) in [6.45, 7) is 5.55. The number of aliphatic imine (C=N–C) groups is 1. The quantitative estimate of drug-likeness (QED) is 0.268. The molecule has 0 rings (SSSR count). The summed E-state index contributed by atoms with van der Waals surface area (Å²) in [5.41, 5.74) is 9.70. The molecule has 7 nitrogen and oxygen atoms in total. The number of nitrogens with zero attached hydrogens (tertiary/aromatic N) is 1. The summed E-state index contributed by atoms with van der Waals surface area (Å²) < 4.78 is 5.09. The molecular weight excluding hydrogens is 250 g/mol. The summed E-state index contributed by atoms with van der Waals surface area (Å²) in [4.78, 5) is 26.4. The third-order valence-electron chi connectivity index (χ3n) is 2.19. The van der Waals surface area contributed by atoms with E-state index in [1.807, 2.05) is 0 Å². The van der Waals surface area contributed by atoms with Crippen molar-refractivity contribution in [1.29, 1.82) is 0 Å². The molecule has 0 aliphatic rings. The first-order chi connectivity index (χ1) is 8.61. The molecule has 110 valence electrons. The number of rotatable bonds is 7.